The Balaban J connectivity index is 0.000001000. The molecule has 2 nitrogen and oxygen atoms in total. The predicted octanol–water partition coefficient (Wildman–Crippen LogP) is 3.63. The van der Waals surface area contributed by atoms with E-state index in [-0.39, 0.29) is 13.1 Å². The van der Waals surface area contributed by atoms with E-state index in [9.17, 15) is 0 Å². The minimum Gasteiger partial charge on any atom is -0.159 e. The van der Waals surface area contributed by atoms with E-state index in [4.69, 9.17) is 0 Å². The van der Waals surface area contributed by atoms with E-state index in [1.54, 1.807) is 0 Å². The minimum atomic E-state index is 0. The second-order valence-electron chi connectivity index (χ2n) is 4.48. The Morgan fingerprint density at radius 2 is 1.64 bits per heavy atom. The molecule has 1 rings (SSSR count). The molecule has 0 spiro atoms. The van der Waals surface area contributed by atoms with Gasteiger partial charge in [0.15, 0.2) is 5.66 Å². The van der Waals surface area contributed by atoms with Crippen molar-refractivity contribution in [2.45, 2.75) is 53.6 Å². The summed E-state index contributed by atoms with van der Waals surface area (Å²) in [5.41, 5.74) is 0.434. The first-order valence-corrected chi connectivity index (χ1v) is 3.85. The second kappa shape index (κ2) is 2.92. The Kier molecular flexibility index (Phi) is 2.81. The first-order chi connectivity index (χ1) is 4.41. The van der Waals surface area contributed by atoms with Crippen molar-refractivity contribution in [3.05, 3.63) is 0 Å². The number of hydrogen-bond donors (Lipinski definition) is 0. The fourth-order valence-electron chi connectivity index (χ4n) is 0.797. The van der Waals surface area contributed by atoms with Gasteiger partial charge >= 0.3 is 0 Å². The van der Waals surface area contributed by atoms with Crippen LogP contribution in [0.5, 0.6) is 0 Å². The van der Waals surface area contributed by atoms with Gasteiger partial charge in [-0.05, 0) is 25.2 Å². The molecule has 11 heavy (non-hydrogen) atoms. The van der Waals surface area contributed by atoms with E-state index in [0.717, 1.165) is 6.42 Å². The molecule has 0 saturated carbocycles. The number of rotatable bonds is 2. The molecule has 1 aliphatic heterocycles. The second-order valence-corrected chi connectivity index (χ2v) is 4.48. The Labute approximate surface area is 70.1 Å². The first kappa shape index (κ1) is 10.6. The fraction of sp³-hybridized carbons (Fsp3) is 1.00. The van der Waals surface area contributed by atoms with Crippen LogP contribution in [0.3, 0.4) is 0 Å². The van der Waals surface area contributed by atoms with Crippen LogP contribution in [-0.2, 0) is 0 Å². The average molecular weight is 156 g/mol. The van der Waals surface area contributed by atoms with Crippen molar-refractivity contribution in [1.29, 1.82) is 0 Å². The van der Waals surface area contributed by atoms with Gasteiger partial charge in [-0.3, -0.25) is 0 Å². The highest BCUT2D eigenvalue weighted by molar-refractivity contribution is 4.88. The molecular formula is C9H20N2. The Morgan fingerprint density at radius 3 is 1.91 bits per heavy atom. The molecule has 0 bridgehead atoms. The largest absolute Gasteiger partial charge is 0.188 e. The van der Waals surface area contributed by atoms with Crippen LogP contribution < -0.4 is 0 Å². The van der Waals surface area contributed by atoms with Crippen LogP contribution in [0.2, 0.25) is 0 Å². The van der Waals surface area contributed by atoms with Crippen molar-refractivity contribution in [1.82, 2.24) is 0 Å². The number of nitrogens with zero attached hydrogens (tertiary/aromatic N) is 2. The fourth-order valence-corrected chi connectivity index (χ4v) is 0.797. The van der Waals surface area contributed by atoms with Crippen LogP contribution >= 0.6 is 0 Å². The Morgan fingerprint density at radius 1 is 1.18 bits per heavy atom. The van der Waals surface area contributed by atoms with Crippen molar-refractivity contribution in [3.8, 4) is 0 Å². The predicted molar refractivity (Wildman–Crippen MR) is 48.7 cm³/mol. The third-order valence-electron chi connectivity index (χ3n) is 1.79. The topological polar surface area (TPSA) is 24.7 Å². The van der Waals surface area contributed by atoms with Gasteiger partial charge in [0, 0.05) is 0 Å². The van der Waals surface area contributed by atoms with Crippen LogP contribution in [0.15, 0.2) is 10.2 Å². The summed E-state index contributed by atoms with van der Waals surface area (Å²) in [4.78, 5) is 0. The summed E-state index contributed by atoms with van der Waals surface area (Å²) in [6, 6.07) is 0. The van der Waals surface area contributed by atoms with Crippen LogP contribution in [-0.4, -0.2) is 5.66 Å². The minimum absolute atomic E-state index is 0. The number of hydrogen-bond acceptors (Lipinski definition) is 2. The van der Waals surface area contributed by atoms with Crippen LogP contribution in [0.4, 0.5) is 0 Å². The zero-order valence-corrected chi connectivity index (χ0v) is 7.31. The third kappa shape index (κ3) is 4.12. The molecule has 0 radical (unpaired) electrons. The van der Waals surface area contributed by atoms with Gasteiger partial charge in [-0.1, -0.05) is 28.2 Å². The normalized spacial score (nSPS) is 19.3. The van der Waals surface area contributed by atoms with Crippen LogP contribution in [0, 0.1) is 5.41 Å². The summed E-state index contributed by atoms with van der Waals surface area (Å²) in [5.74, 6) is 0. The lowest BCUT2D eigenvalue weighted by Gasteiger charge is -2.18. The average Bonchev–Trinajstić information content (AvgIpc) is 2.43. The van der Waals surface area contributed by atoms with Gasteiger partial charge in [0.2, 0.25) is 0 Å². The van der Waals surface area contributed by atoms with E-state index >= 15 is 0 Å². The van der Waals surface area contributed by atoms with Gasteiger partial charge in [0.05, 0.1) is 0 Å². The van der Waals surface area contributed by atoms with Gasteiger partial charge in [0.1, 0.15) is 0 Å². The smallest absolute Gasteiger partial charge is 0.159 e. The maximum atomic E-state index is 3.96. The van der Waals surface area contributed by atoms with Crippen LogP contribution in [0.25, 0.3) is 0 Å². The van der Waals surface area contributed by atoms with E-state index in [2.05, 4.69) is 37.9 Å². The molecule has 0 unspecified atom stereocenters. The van der Waals surface area contributed by atoms with Crippen molar-refractivity contribution in [2.24, 2.45) is 15.6 Å². The molecule has 1 heterocycles. The molecule has 0 aromatic rings. The molecule has 0 aromatic carbocycles. The zero-order chi connectivity index (χ0) is 7.83. The molecule has 2 heteroatoms. The third-order valence-corrected chi connectivity index (χ3v) is 1.79. The monoisotopic (exact) mass is 156 g/mol. The van der Waals surface area contributed by atoms with E-state index in [0.29, 0.717) is 5.41 Å². The van der Waals surface area contributed by atoms with E-state index in [1.165, 1.54) is 6.42 Å². The van der Waals surface area contributed by atoms with E-state index in [1.807, 2.05) is 0 Å². The summed E-state index contributed by atoms with van der Waals surface area (Å²) in [5, 5.41) is 7.92. The molecule has 0 N–H and O–H groups in total. The highest BCUT2D eigenvalue weighted by Crippen LogP contribution is 2.35. The molecule has 0 atom stereocenters. The van der Waals surface area contributed by atoms with Crippen molar-refractivity contribution in [3.63, 3.8) is 0 Å². The lowest BCUT2D eigenvalue weighted by atomic mass is 9.88. The maximum absolute atomic E-state index is 3.96. The van der Waals surface area contributed by atoms with Gasteiger partial charge in [-0.25, -0.2) is 0 Å². The molecule has 0 amide bonds. The first-order valence-electron chi connectivity index (χ1n) is 3.85. The Bertz CT molecular complexity index is 142. The zero-order valence-electron chi connectivity index (χ0n) is 7.31. The standard InChI is InChI=1S/C8H16N2.CH4/c1-7(2,3)5-6-8(4)9-10-8;/h5-6H2,1-4H3;1H4. The van der Waals surface area contributed by atoms with E-state index < -0.39 is 0 Å². The van der Waals surface area contributed by atoms with Gasteiger partial charge in [-0.15, -0.1) is 0 Å². The highest BCUT2D eigenvalue weighted by atomic mass is 15.4. The Hall–Kier alpha value is -0.400. The molecular weight excluding hydrogens is 136 g/mol. The highest BCUT2D eigenvalue weighted by Gasteiger charge is 2.34. The molecule has 0 aromatic heterocycles. The molecule has 0 fully saturated rings. The summed E-state index contributed by atoms with van der Waals surface area (Å²) < 4.78 is 0. The summed E-state index contributed by atoms with van der Waals surface area (Å²) in [7, 11) is 0. The van der Waals surface area contributed by atoms with Crippen molar-refractivity contribution in [2.75, 3.05) is 0 Å². The lowest BCUT2D eigenvalue weighted by molar-refractivity contribution is 0.341. The maximum Gasteiger partial charge on any atom is 0.188 e. The van der Waals surface area contributed by atoms with Crippen molar-refractivity contribution < 1.29 is 0 Å². The summed E-state index contributed by atoms with van der Waals surface area (Å²) in [6.45, 7) is 8.83. The molecule has 0 aliphatic carbocycles. The van der Waals surface area contributed by atoms with Gasteiger partial charge < -0.3 is 0 Å². The summed E-state index contributed by atoms with van der Waals surface area (Å²) in [6.07, 6.45) is 2.31. The molecule has 66 valence electrons. The molecule has 0 saturated heterocycles. The summed E-state index contributed by atoms with van der Waals surface area (Å²) >= 11 is 0. The van der Waals surface area contributed by atoms with Gasteiger partial charge in [-0.2, -0.15) is 10.2 Å². The lowest BCUT2D eigenvalue weighted by Crippen LogP contribution is -2.11. The van der Waals surface area contributed by atoms with Crippen molar-refractivity contribution >= 4 is 0 Å². The quantitative estimate of drug-likeness (QED) is 0.583. The van der Waals surface area contributed by atoms with Gasteiger partial charge in [0.25, 0.3) is 0 Å². The SMILES string of the molecule is C.CC(C)(C)CCC1(C)N=N1. The van der Waals surface area contributed by atoms with Crippen LogP contribution in [0.1, 0.15) is 48.0 Å². The molecule has 1 aliphatic rings.